The molecule has 0 spiro atoms. The van der Waals surface area contributed by atoms with Crippen molar-refractivity contribution in [2.24, 2.45) is 0 Å². The van der Waals surface area contributed by atoms with Crippen molar-refractivity contribution >= 4 is 35.0 Å². The predicted octanol–water partition coefficient (Wildman–Crippen LogP) is 2.56. The van der Waals surface area contributed by atoms with Crippen LogP contribution in [0.3, 0.4) is 0 Å². The summed E-state index contributed by atoms with van der Waals surface area (Å²) in [6, 6.07) is 1.14. The number of carbonyl (C=O) groups excluding carboxylic acids is 1. The van der Waals surface area contributed by atoms with Gasteiger partial charge in [-0.1, -0.05) is 0 Å². The molecule has 1 aromatic heterocycles. The number of rotatable bonds is 6. The normalized spacial score (nSPS) is 15.4. The van der Waals surface area contributed by atoms with Crippen LogP contribution in [0.25, 0.3) is 0 Å². The Balaban J connectivity index is 2.02. The maximum atomic E-state index is 12.2. The quantitative estimate of drug-likeness (QED) is 0.847. The third-order valence-electron chi connectivity index (χ3n) is 3.43. The van der Waals surface area contributed by atoms with Crippen molar-refractivity contribution in [3.63, 3.8) is 0 Å². The minimum Gasteiger partial charge on any atom is -0.480 e. The minimum atomic E-state index is -0.964. The third-order valence-corrected chi connectivity index (χ3v) is 5.31. The molecule has 1 heterocycles. The summed E-state index contributed by atoms with van der Waals surface area (Å²) in [5.74, 6) is -0.496. The Kier molecular flexibility index (Phi) is 5.48. The number of nitrogens with one attached hydrogen (secondary N) is 1. The molecule has 0 fully saturated rings. The Morgan fingerprint density at radius 1 is 1.45 bits per heavy atom. The lowest BCUT2D eigenvalue weighted by molar-refractivity contribution is -0.139. The molecule has 20 heavy (non-hydrogen) atoms. The van der Waals surface area contributed by atoms with Crippen LogP contribution in [-0.4, -0.2) is 35.0 Å². The van der Waals surface area contributed by atoms with Gasteiger partial charge < -0.3 is 10.4 Å². The van der Waals surface area contributed by atoms with E-state index in [9.17, 15) is 9.59 Å². The maximum absolute atomic E-state index is 12.2. The molecule has 0 saturated carbocycles. The average molecular weight is 313 g/mol. The standard InChI is InChI=1S/C14H19NO3S2/c1-19-7-6-10(14(17)18)15-13(16)12-8-9-4-2-3-5-11(9)20-12/h8,10H,2-7H2,1H3,(H,15,16)(H,17,18)/t10-/m1/s1. The predicted molar refractivity (Wildman–Crippen MR) is 82.9 cm³/mol. The number of fused-ring (bicyclic) bond motifs is 1. The highest BCUT2D eigenvalue weighted by atomic mass is 32.2. The number of thiophene rings is 1. The number of aliphatic carboxylic acids is 1. The largest absolute Gasteiger partial charge is 0.480 e. The van der Waals surface area contributed by atoms with Gasteiger partial charge in [0, 0.05) is 4.88 Å². The van der Waals surface area contributed by atoms with Crippen molar-refractivity contribution in [3.05, 3.63) is 21.4 Å². The van der Waals surface area contributed by atoms with Crippen molar-refractivity contribution < 1.29 is 14.7 Å². The fourth-order valence-electron chi connectivity index (χ4n) is 2.33. The van der Waals surface area contributed by atoms with E-state index in [4.69, 9.17) is 5.11 Å². The van der Waals surface area contributed by atoms with E-state index < -0.39 is 12.0 Å². The Bertz CT molecular complexity index is 475. The molecule has 4 nitrogen and oxygen atoms in total. The number of carbonyl (C=O) groups is 2. The maximum Gasteiger partial charge on any atom is 0.326 e. The van der Waals surface area contributed by atoms with Crippen molar-refractivity contribution in [1.82, 2.24) is 5.32 Å². The highest BCUT2D eigenvalue weighted by Gasteiger charge is 2.22. The molecular weight excluding hydrogens is 294 g/mol. The molecular formula is C14H19NO3S2. The lowest BCUT2D eigenvalue weighted by atomic mass is 9.99. The van der Waals surface area contributed by atoms with E-state index in [1.54, 1.807) is 11.8 Å². The zero-order chi connectivity index (χ0) is 14.5. The lowest BCUT2D eigenvalue weighted by Crippen LogP contribution is -2.40. The van der Waals surface area contributed by atoms with Gasteiger partial charge in [0.2, 0.25) is 0 Å². The van der Waals surface area contributed by atoms with E-state index in [2.05, 4.69) is 5.32 Å². The topological polar surface area (TPSA) is 66.4 Å². The van der Waals surface area contributed by atoms with Gasteiger partial charge in [-0.15, -0.1) is 11.3 Å². The molecule has 0 unspecified atom stereocenters. The van der Waals surface area contributed by atoms with Crippen LogP contribution >= 0.6 is 23.1 Å². The molecule has 0 aromatic carbocycles. The van der Waals surface area contributed by atoms with Crippen molar-refractivity contribution in [3.8, 4) is 0 Å². The monoisotopic (exact) mass is 313 g/mol. The summed E-state index contributed by atoms with van der Waals surface area (Å²) in [6.45, 7) is 0. The Labute approximate surface area is 127 Å². The molecule has 0 aliphatic heterocycles. The van der Waals surface area contributed by atoms with Gasteiger partial charge >= 0.3 is 5.97 Å². The smallest absolute Gasteiger partial charge is 0.326 e. The Morgan fingerprint density at radius 3 is 2.85 bits per heavy atom. The van der Waals surface area contributed by atoms with E-state index in [0.29, 0.717) is 11.3 Å². The van der Waals surface area contributed by atoms with Crippen LogP contribution in [0.1, 0.15) is 39.4 Å². The van der Waals surface area contributed by atoms with Crippen molar-refractivity contribution in [2.75, 3.05) is 12.0 Å². The molecule has 0 bridgehead atoms. The Morgan fingerprint density at radius 2 is 2.20 bits per heavy atom. The second kappa shape index (κ2) is 7.13. The molecule has 1 atom stereocenters. The van der Waals surface area contributed by atoms with Crippen LogP contribution in [0.2, 0.25) is 0 Å². The second-order valence-corrected chi connectivity index (χ2v) is 7.03. The van der Waals surface area contributed by atoms with E-state index in [1.807, 2.05) is 12.3 Å². The van der Waals surface area contributed by atoms with E-state index in [0.717, 1.165) is 18.6 Å². The first-order valence-electron chi connectivity index (χ1n) is 6.76. The van der Waals surface area contributed by atoms with Gasteiger partial charge in [-0.05, 0) is 55.7 Å². The van der Waals surface area contributed by atoms with Crippen LogP contribution in [0.4, 0.5) is 0 Å². The minimum absolute atomic E-state index is 0.252. The van der Waals surface area contributed by atoms with Gasteiger partial charge in [-0.2, -0.15) is 11.8 Å². The highest BCUT2D eigenvalue weighted by Crippen LogP contribution is 2.29. The number of aryl methyl sites for hydroxylation is 2. The average Bonchev–Trinajstić information content (AvgIpc) is 2.86. The van der Waals surface area contributed by atoms with E-state index in [1.165, 1.54) is 34.6 Å². The van der Waals surface area contributed by atoms with E-state index >= 15 is 0 Å². The first kappa shape index (κ1) is 15.4. The summed E-state index contributed by atoms with van der Waals surface area (Å²) in [5, 5.41) is 11.8. The van der Waals surface area contributed by atoms with Crippen molar-refractivity contribution in [2.45, 2.75) is 38.1 Å². The van der Waals surface area contributed by atoms with Crippen LogP contribution in [0, 0.1) is 0 Å². The fourth-order valence-corrected chi connectivity index (χ4v) is 3.95. The number of hydrogen-bond donors (Lipinski definition) is 2. The lowest BCUT2D eigenvalue weighted by Gasteiger charge is -2.12. The molecule has 0 saturated heterocycles. The first-order valence-corrected chi connectivity index (χ1v) is 8.97. The van der Waals surface area contributed by atoms with Crippen LogP contribution in [0.5, 0.6) is 0 Å². The summed E-state index contributed by atoms with van der Waals surface area (Å²) in [6.07, 6.45) is 6.81. The molecule has 110 valence electrons. The zero-order valence-electron chi connectivity index (χ0n) is 11.5. The van der Waals surface area contributed by atoms with E-state index in [-0.39, 0.29) is 5.91 Å². The highest BCUT2D eigenvalue weighted by molar-refractivity contribution is 7.98. The fraction of sp³-hybridized carbons (Fsp3) is 0.571. The summed E-state index contributed by atoms with van der Waals surface area (Å²) in [7, 11) is 0. The number of amides is 1. The van der Waals surface area contributed by atoms with Gasteiger partial charge in [0.25, 0.3) is 5.91 Å². The molecule has 1 amide bonds. The van der Waals surface area contributed by atoms with Crippen LogP contribution < -0.4 is 5.32 Å². The number of carboxylic acid groups (broad SMARTS) is 1. The van der Waals surface area contributed by atoms with Crippen LogP contribution in [-0.2, 0) is 17.6 Å². The zero-order valence-corrected chi connectivity index (χ0v) is 13.1. The summed E-state index contributed by atoms with van der Waals surface area (Å²) < 4.78 is 0. The van der Waals surface area contributed by atoms with Crippen LogP contribution in [0.15, 0.2) is 6.07 Å². The SMILES string of the molecule is CSCC[C@@H](NC(=O)c1cc2c(s1)CCCC2)C(=O)O. The number of carboxylic acids is 1. The van der Waals surface area contributed by atoms with Gasteiger partial charge in [0.05, 0.1) is 4.88 Å². The van der Waals surface area contributed by atoms with Gasteiger partial charge in [-0.25, -0.2) is 4.79 Å². The molecule has 2 N–H and O–H groups in total. The summed E-state index contributed by atoms with van der Waals surface area (Å²) in [5.41, 5.74) is 1.27. The first-order chi connectivity index (χ1) is 9.61. The molecule has 1 aliphatic carbocycles. The summed E-state index contributed by atoms with van der Waals surface area (Å²) >= 11 is 3.09. The molecule has 2 rings (SSSR count). The number of thioether (sulfide) groups is 1. The molecule has 6 heteroatoms. The van der Waals surface area contributed by atoms with Crippen molar-refractivity contribution in [1.29, 1.82) is 0 Å². The van der Waals surface area contributed by atoms with Gasteiger partial charge in [0.1, 0.15) is 6.04 Å². The van der Waals surface area contributed by atoms with Gasteiger partial charge in [0.15, 0.2) is 0 Å². The molecule has 0 radical (unpaired) electrons. The third kappa shape index (κ3) is 3.76. The number of hydrogen-bond acceptors (Lipinski definition) is 4. The molecule has 1 aromatic rings. The van der Waals surface area contributed by atoms with Gasteiger partial charge in [-0.3, -0.25) is 4.79 Å². The second-order valence-electron chi connectivity index (χ2n) is 4.91. The Hall–Kier alpha value is -1.01. The molecule has 1 aliphatic rings. The summed E-state index contributed by atoms with van der Waals surface area (Å²) in [4.78, 5) is 25.3.